The van der Waals surface area contributed by atoms with Crippen molar-refractivity contribution in [1.29, 1.82) is 0 Å². The lowest BCUT2D eigenvalue weighted by Crippen LogP contribution is -2.16. The smallest absolute Gasteiger partial charge is 0.206 e. The summed E-state index contributed by atoms with van der Waals surface area (Å²) in [7, 11) is -7.39. The van der Waals surface area contributed by atoms with Gasteiger partial charge in [0.15, 0.2) is 0 Å². The van der Waals surface area contributed by atoms with E-state index in [1.807, 2.05) is 24.3 Å². The highest BCUT2D eigenvalue weighted by Crippen LogP contribution is 2.52. The topological polar surface area (TPSA) is 71.5 Å². The van der Waals surface area contributed by atoms with Crippen LogP contribution in [0.25, 0.3) is 33.4 Å². The van der Waals surface area contributed by atoms with Crippen LogP contribution in [-0.4, -0.2) is 16.8 Å². The van der Waals surface area contributed by atoms with Gasteiger partial charge < -0.3 is 4.90 Å². The van der Waals surface area contributed by atoms with Gasteiger partial charge in [0.25, 0.3) is 0 Å². The van der Waals surface area contributed by atoms with Crippen molar-refractivity contribution in [3.63, 3.8) is 0 Å². The van der Waals surface area contributed by atoms with Gasteiger partial charge in [-0.2, -0.15) is 0 Å². The first-order valence-electron chi connectivity index (χ1n) is 18.4. The second-order valence-electron chi connectivity index (χ2n) is 13.8. The van der Waals surface area contributed by atoms with Gasteiger partial charge in [-0.1, -0.05) is 109 Å². The summed E-state index contributed by atoms with van der Waals surface area (Å²) >= 11 is 1.77. The summed E-state index contributed by atoms with van der Waals surface area (Å²) in [5.74, 6) is 0. The molecule has 0 aromatic heterocycles. The number of fused-ring (bicyclic) bond motifs is 2. The molecule has 0 bridgehead atoms. The molecule has 0 aliphatic carbocycles. The zero-order chi connectivity index (χ0) is 39.1. The van der Waals surface area contributed by atoms with E-state index in [-0.39, 0.29) is 19.6 Å². The molecule has 0 fully saturated rings. The molecule has 9 rings (SSSR count). The average Bonchev–Trinajstić information content (AvgIpc) is 3.26. The van der Waals surface area contributed by atoms with E-state index in [0.29, 0.717) is 0 Å². The van der Waals surface area contributed by atoms with E-state index in [4.69, 9.17) is 0 Å². The minimum absolute atomic E-state index is 0.216. The third-order valence-electron chi connectivity index (χ3n) is 10.3. The van der Waals surface area contributed by atoms with E-state index in [2.05, 4.69) is 96.8 Å². The van der Waals surface area contributed by atoms with Crippen LogP contribution >= 0.6 is 11.8 Å². The third kappa shape index (κ3) is 6.76. The minimum atomic E-state index is -3.70. The van der Waals surface area contributed by atoms with E-state index in [1.165, 1.54) is 9.79 Å². The quantitative estimate of drug-likeness (QED) is 0.152. The summed E-state index contributed by atoms with van der Waals surface area (Å²) in [5, 5.41) is 0. The van der Waals surface area contributed by atoms with Crippen molar-refractivity contribution in [1.82, 2.24) is 0 Å². The average molecular weight is 798 g/mol. The van der Waals surface area contributed by atoms with Crippen LogP contribution in [-0.2, 0) is 19.7 Å². The van der Waals surface area contributed by atoms with Gasteiger partial charge in [-0.15, -0.1) is 0 Å². The van der Waals surface area contributed by atoms with E-state index < -0.39 is 19.7 Å². The van der Waals surface area contributed by atoms with Crippen LogP contribution in [0.2, 0.25) is 0 Å². The molecule has 278 valence electrons. The second kappa shape index (κ2) is 14.7. The summed E-state index contributed by atoms with van der Waals surface area (Å²) in [6, 6.07) is 60.5. The Balaban J connectivity index is 1.17. The SMILES string of the molecule is Cc1c(-c2cc(-c3ccc(S(=O)(=O)c4ccccc4)cc3)cc(-c3ccc(S(=O)(=O)c4ccccc4)cc3)c2)cccc1N1c2ccccc2Sc2ccccc21. The van der Waals surface area contributed by atoms with E-state index in [9.17, 15) is 16.8 Å². The number of hydrogen-bond donors (Lipinski definition) is 0. The molecular formula is C49H35NO4S3. The van der Waals surface area contributed by atoms with Crippen molar-refractivity contribution < 1.29 is 16.8 Å². The maximum absolute atomic E-state index is 13.5. The molecule has 8 aromatic rings. The molecule has 0 atom stereocenters. The molecule has 0 unspecified atom stereocenters. The van der Waals surface area contributed by atoms with Crippen LogP contribution in [0, 0.1) is 6.92 Å². The molecule has 5 nitrogen and oxygen atoms in total. The second-order valence-corrected chi connectivity index (χ2v) is 18.8. The maximum Gasteiger partial charge on any atom is 0.206 e. The Bertz CT molecular complexity index is 2830. The monoisotopic (exact) mass is 797 g/mol. The molecule has 1 heterocycles. The van der Waals surface area contributed by atoms with Crippen LogP contribution in [0.3, 0.4) is 0 Å². The van der Waals surface area contributed by atoms with Gasteiger partial charge in [-0.25, -0.2) is 16.8 Å². The largest absolute Gasteiger partial charge is 0.308 e. The first-order chi connectivity index (χ1) is 27.7. The molecule has 57 heavy (non-hydrogen) atoms. The minimum Gasteiger partial charge on any atom is -0.308 e. The van der Waals surface area contributed by atoms with Gasteiger partial charge in [0.05, 0.1) is 31.0 Å². The number of rotatable bonds is 8. The summed E-state index contributed by atoms with van der Waals surface area (Å²) in [4.78, 5) is 5.62. The summed E-state index contributed by atoms with van der Waals surface area (Å²) in [6.07, 6.45) is 0. The van der Waals surface area contributed by atoms with Crippen LogP contribution in [0.15, 0.2) is 223 Å². The Hall–Kier alpha value is -6.19. The van der Waals surface area contributed by atoms with Crippen molar-refractivity contribution in [3.8, 4) is 33.4 Å². The first-order valence-corrected chi connectivity index (χ1v) is 22.2. The van der Waals surface area contributed by atoms with Crippen molar-refractivity contribution in [3.05, 3.63) is 200 Å². The molecule has 0 N–H and O–H groups in total. The van der Waals surface area contributed by atoms with Crippen molar-refractivity contribution in [2.45, 2.75) is 36.3 Å². The zero-order valence-electron chi connectivity index (χ0n) is 30.8. The van der Waals surface area contributed by atoms with E-state index >= 15 is 0 Å². The Labute approximate surface area is 337 Å². The fourth-order valence-electron chi connectivity index (χ4n) is 7.38. The fourth-order valence-corrected chi connectivity index (χ4v) is 11.0. The van der Waals surface area contributed by atoms with E-state index in [0.717, 1.165) is 56.0 Å². The van der Waals surface area contributed by atoms with Gasteiger partial charge >= 0.3 is 0 Å². The van der Waals surface area contributed by atoms with Crippen LogP contribution in [0.1, 0.15) is 5.56 Å². The Morgan fingerprint density at radius 2 is 0.754 bits per heavy atom. The molecule has 8 aromatic carbocycles. The van der Waals surface area contributed by atoms with E-state index in [1.54, 1.807) is 96.7 Å². The molecule has 0 saturated carbocycles. The molecule has 1 aliphatic heterocycles. The lowest BCUT2D eigenvalue weighted by molar-refractivity contribution is 0.594. The number of hydrogen-bond acceptors (Lipinski definition) is 6. The molecule has 0 radical (unpaired) electrons. The van der Waals surface area contributed by atoms with Gasteiger partial charge in [0, 0.05) is 15.5 Å². The molecule has 8 heteroatoms. The Morgan fingerprint density at radius 3 is 1.23 bits per heavy atom. The predicted octanol–water partition coefficient (Wildman–Crippen LogP) is 12.6. The number of benzene rings is 8. The number of anilines is 3. The van der Waals surface area contributed by atoms with Gasteiger partial charge in [-0.3, -0.25) is 0 Å². The predicted molar refractivity (Wildman–Crippen MR) is 230 cm³/mol. The lowest BCUT2D eigenvalue weighted by atomic mass is 9.91. The highest BCUT2D eigenvalue weighted by molar-refractivity contribution is 7.99. The molecule has 0 spiro atoms. The van der Waals surface area contributed by atoms with Crippen molar-refractivity contribution >= 4 is 48.5 Å². The first kappa shape index (κ1) is 36.4. The highest BCUT2D eigenvalue weighted by atomic mass is 32.2. The Kier molecular flexibility index (Phi) is 9.41. The summed E-state index contributed by atoms with van der Waals surface area (Å²) in [6.45, 7) is 2.15. The lowest BCUT2D eigenvalue weighted by Gasteiger charge is -2.34. The molecule has 0 saturated heterocycles. The standard InChI is InChI=1S/C49H35NO4S3/c1-34-44(17-12-20-45(34)50-46-18-8-10-21-48(46)55-49-22-11-9-19-47(49)50)39-32-37(35-23-27-42(28-24-35)56(51,52)40-13-4-2-5-14-40)31-38(33-39)36-25-29-43(30-26-36)57(53,54)41-15-6-3-7-16-41/h2-33H,1H3. The Morgan fingerprint density at radius 1 is 0.368 bits per heavy atom. The summed E-state index contributed by atoms with van der Waals surface area (Å²) in [5.41, 5.74) is 9.86. The third-order valence-corrected chi connectivity index (χ3v) is 15.0. The molecule has 0 amide bonds. The highest BCUT2D eigenvalue weighted by Gasteiger charge is 2.26. The normalized spacial score (nSPS) is 12.5. The molecular weight excluding hydrogens is 763 g/mol. The van der Waals surface area contributed by atoms with Gasteiger partial charge in [0.1, 0.15) is 0 Å². The number of sulfone groups is 2. The van der Waals surface area contributed by atoms with Crippen LogP contribution < -0.4 is 4.90 Å². The van der Waals surface area contributed by atoms with Crippen LogP contribution in [0.5, 0.6) is 0 Å². The van der Waals surface area contributed by atoms with Crippen LogP contribution in [0.4, 0.5) is 17.1 Å². The number of para-hydroxylation sites is 2. The van der Waals surface area contributed by atoms with Gasteiger partial charge in [0.2, 0.25) is 19.7 Å². The fraction of sp³-hybridized carbons (Fsp3) is 0.0204. The summed E-state index contributed by atoms with van der Waals surface area (Å²) < 4.78 is 53.8. The van der Waals surface area contributed by atoms with Crippen molar-refractivity contribution in [2.24, 2.45) is 0 Å². The maximum atomic E-state index is 13.5. The number of nitrogens with zero attached hydrogens (tertiary/aromatic N) is 1. The molecule has 1 aliphatic rings. The zero-order valence-corrected chi connectivity index (χ0v) is 33.2. The van der Waals surface area contributed by atoms with Gasteiger partial charge in [-0.05, 0) is 143 Å². The van der Waals surface area contributed by atoms with Crippen molar-refractivity contribution in [2.75, 3.05) is 4.90 Å².